The summed E-state index contributed by atoms with van der Waals surface area (Å²) in [6.45, 7) is 2.38. The number of hydrogen-bond acceptors (Lipinski definition) is 0. The fourth-order valence-electron chi connectivity index (χ4n) is 5.70. The van der Waals surface area contributed by atoms with Crippen LogP contribution in [0.25, 0.3) is 0 Å². The molecular weight excluding hydrogens is 439 g/mol. The van der Waals surface area contributed by atoms with Crippen LogP contribution in [-0.2, 0) is 0 Å². The van der Waals surface area contributed by atoms with E-state index in [1.165, 1.54) is 27.0 Å². The molecule has 35 heavy (non-hydrogen) atoms. The highest BCUT2D eigenvalue weighted by atomic mass is 31.2. The molecule has 0 fully saturated rings. The van der Waals surface area contributed by atoms with E-state index in [0.29, 0.717) is 5.66 Å². The first kappa shape index (κ1) is 23.3. The highest BCUT2D eigenvalue weighted by Gasteiger charge is 2.54. The quantitative estimate of drug-likeness (QED) is 0.205. The maximum atomic E-state index is 2.38. The Morgan fingerprint density at radius 3 is 1.00 bits per heavy atom. The summed E-state index contributed by atoms with van der Waals surface area (Å²) < 4.78 is 0. The number of hydrogen-bond donors (Lipinski definition) is 0. The van der Waals surface area contributed by atoms with Crippen LogP contribution >= 0.6 is 7.26 Å². The summed E-state index contributed by atoms with van der Waals surface area (Å²) in [7, 11) is -2.05. The Hall–Kier alpha value is -3.47. The molecule has 0 heterocycles. The van der Waals surface area contributed by atoms with E-state index in [-0.39, 0.29) is 5.92 Å². The van der Waals surface area contributed by atoms with Crippen LogP contribution in [-0.4, -0.2) is 5.66 Å². The molecule has 0 spiro atoms. The molecular formula is C34H32P+. The van der Waals surface area contributed by atoms with E-state index in [0.717, 1.165) is 6.42 Å². The number of rotatable bonds is 8. The van der Waals surface area contributed by atoms with Gasteiger partial charge in [0.1, 0.15) is 23.2 Å². The van der Waals surface area contributed by atoms with Gasteiger partial charge in [-0.3, -0.25) is 0 Å². The van der Waals surface area contributed by atoms with Crippen molar-refractivity contribution in [1.82, 2.24) is 0 Å². The second-order valence-corrected chi connectivity index (χ2v) is 12.7. The lowest BCUT2D eigenvalue weighted by Crippen LogP contribution is -2.41. The van der Waals surface area contributed by atoms with Crippen molar-refractivity contribution in [1.29, 1.82) is 0 Å². The lowest BCUT2D eigenvalue weighted by Gasteiger charge is -2.39. The normalized spacial score (nSPS) is 12.4. The molecule has 0 radical (unpaired) electrons. The molecule has 0 amide bonds. The molecule has 172 valence electrons. The zero-order chi connectivity index (χ0) is 23.9. The summed E-state index contributed by atoms with van der Waals surface area (Å²) >= 11 is 0. The van der Waals surface area contributed by atoms with Crippen LogP contribution in [0.2, 0.25) is 0 Å². The van der Waals surface area contributed by atoms with Crippen LogP contribution in [0.4, 0.5) is 0 Å². The van der Waals surface area contributed by atoms with Crippen LogP contribution in [0.1, 0.15) is 30.4 Å². The molecule has 5 aromatic rings. The van der Waals surface area contributed by atoms with Gasteiger partial charge in [0, 0.05) is 5.92 Å². The molecule has 5 aromatic carbocycles. The van der Waals surface area contributed by atoms with Crippen molar-refractivity contribution in [3.8, 4) is 0 Å². The maximum Gasteiger partial charge on any atom is 0.116 e. The largest absolute Gasteiger partial charge is 0.116 e. The summed E-state index contributed by atoms with van der Waals surface area (Å²) in [4.78, 5) is 0. The molecule has 0 nitrogen and oxygen atoms in total. The zero-order valence-corrected chi connectivity index (χ0v) is 21.1. The first-order valence-corrected chi connectivity index (χ1v) is 14.4. The van der Waals surface area contributed by atoms with Crippen molar-refractivity contribution < 1.29 is 0 Å². The van der Waals surface area contributed by atoms with E-state index < -0.39 is 7.26 Å². The summed E-state index contributed by atoms with van der Waals surface area (Å²) in [5.74, 6) is 0.274. The molecule has 1 atom stereocenters. The average molecular weight is 472 g/mol. The first-order valence-electron chi connectivity index (χ1n) is 12.5. The van der Waals surface area contributed by atoms with E-state index in [1.807, 2.05) is 0 Å². The fraction of sp³-hybridized carbons (Fsp3) is 0.118. The lowest BCUT2D eigenvalue weighted by atomic mass is 9.87. The predicted molar refractivity (Wildman–Crippen MR) is 154 cm³/mol. The van der Waals surface area contributed by atoms with E-state index in [2.05, 4.69) is 159 Å². The molecule has 1 unspecified atom stereocenters. The van der Waals surface area contributed by atoms with Crippen molar-refractivity contribution in [2.45, 2.75) is 24.9 Å². The van der Waals surface area contributed by atoms with Gasteiger partial charge in [-0.05, 0) is 53.9 Å². The molecule has 0 bridgehead atoms. The van der Waals surface area contributed by atoms with Gasteiger partial charge in [0.15, 0.2) is 0 Å². The topological polar surface area (TPSA) is 0 Å². The van der Waals surface area contributed by atoms with E-state index in [9.17, 15) is 0 Å². The second-order valence-electron chi connectivity index (χ2n) is 9.00. The SMILES string of the molecule is CCC(C(c1ccccc1)c1ccccc1)[P+](c1ccccc1)(c1ccccc1)c1ccccc1. The smallest absolute Gasteiger partial charge is 0.0622 e. The molecule has 0 saturated carbocycles. The average Bonchev–Trinajstić information content (AvgIpc) is 2.96. The van der Waals surface area contributed by atoms with Crippen molar-refractivity contribution in [2.75, 3.05) is 0 Å². The van der Waals surface area contributed by atoms with Gasteiger partial charge < -0.3 is 0 Å². The van der Waals surface area contributed by atoms with Crippen LogP contribution in [0, 0.1) is 0 Å². The van der Waals surface area contributed by atoms with E-state index in [1.54, 1.807) is 0 Å². The van der Waals surface area contributed by atoms with Gasteiger partial charge in [0.25, 0.3) is 0 Å². The second kappa shape index (κ2) is 10.9. The third-order valence-corrected chi connectivity index (χ3v) is 12.1. The predicted octanol–water partition coefficient (Wildman–Crippen LogP) is 7.59. The van der Waals surface area contributed by atoms with Crippen molar-refractivity contribution in [3.05, 3.63) is 163 Å². The summed E-state index contributed by atoms with van der Waals surface area (Å²) in [6.07, 6.45) is 1.07. The van der Waals surface area contributed by atoms with E-state index in [4.69, 9.17) is 0 Å². The minimum absolute atomic E-state index is 0.274. The lowest BCUT2D eigenvalue weighted by molar-refractivity contribution is 0.708. The first-order chi connectivity index (χ1) is 17.4. The molecule has 5 rings (SSSR count). The zero-order valence-electron chi connectivity index (χ0n) is 20.2. The van der Waals surface area contributed by atoms with Crippen LogP contribution in [0.5, 0.6) is 0 Å². The van der Waals surface area contributed by atoms with Crippen LogP contribution in [0.3, 0.4) is 0 Å². The van der Waals surface area contributed by atoms with Crippen LogP contribution < -0.4 is 15.9 Å². The molecule has 0 aliphatic rings. The Bertz CT molecular complexity index is 1160. The monoisotopic (exact) mass is 471 g/mol. The van der Waals surface area contributed by atoms with Gasteiger partial charge >= 0.3 is 0 Å². The molecule has 0 saturated heterocycles. The minimum Gasteiger partial charge on any atom is -0.0622 e. The van der Waals surface area contributed by atoms with Gasteiger partial charge in [-0.2, -0.15) is 0 Å². The standard InChI is InChI=1S/C34H32P/c1-2-33(34(28-18-8-3-9-19-28)29-20-10-4-11-21-29)35(30-22-12-5-13-23-30,31-24-14-6-15-25-31)32-26-16-7-17-27-32/h3-27,33-34H,2H2,1H3/q+1. The van der Waals surface area contributed by atoms with Gasteiger partial charge in [-0.25, -0.2) is 0 Å². The third kappa shape index (κ3) is 4.47. The Labute approximate surface area is 210 Å². The fourth-order valence-corrected chi connectivity index (χ4v) is 11.0. The Kier molecular flexibility index (Phi) is 7.22. The van der Waals surface area contributed by atoms with Crippen molar-refractivity contribution in [2.24, 2.45) is 0 Å². The molecule has 0 aliphatic heterocycles. The Balaban J connectivity index is 1.87. The van der Waals surface area contributed by atoms with Gasteiger partial charge in [-0.15, -0.1) is 0 Å². The van der Waals surface area contributed by atoms with E-state index >= 15 is 0 Å². The van der Waals surface area contributed by atoms with Crippen LogP contribution in [0.15, 0.2) is 152 Å². The highest BCUT2D eigenvalue weighted by Crippen LogP contribution is 2.65. The highest BCUT2D eigenvalue weighted by molar-refractivity contribution is 7.96. The Morgan fingerprint density at radius 1 is 0.429 bits per heavy atom. The van der Waals surface area contributed by atoms with Gasteiger partial charge in [0.2, 0.25) is 0 Å². The van der Waals surface area contributed by atoms with Crippen molar-refractivity contribution in [3.63, 3.8) is 0 Å². The van der Waals surface area contributed by atoms with Gasteiger partial charge in [-0.1, -0.05) is 122 Å². The number of benzene rings is 5. The molecule has 0 N–H and O–H groups in total. The minimum atomic E-state index is -2.05. The van der Waals surface area contributed by atoms with Crippen molar-refractivity contribution >= 4 is 23.2 Å². The summed E-state index contributed by atoms with van der Waals surface area (Å²) in [5, 5.41) is 4.34. The molecule has 0 aliphatic carbocycles. The summed E-state index contributed by atoms with van der Waals surface area (Å²) in [5.41, 5.74) is 3.16. The third-order valence-electron chi connectivity index (χ3n) is 7.11. The molecule has 0 aromatic heterocycles. The Morgan fingerprint density at radius 2 is 0.714 bits per heavy atom. The summed E-state index contributed by atoms with van der Waals surface area (Å²) in [6, 6.07) is 56.1. The maximum absolute atomic E-state index is 2.38. The van der Waals surface area contributed by atoms with Gasteiger partial charge in [0.05, 0.1) is 5.66 Å². The molecule has 1 heteroatoms.